The van der Waals surface area contributed by atoms with Crippen molar-refractivity contribution in [1.82, 2.24) is 9.96 Å². The molecule has 1 fully saturated rings. The van der Waals surface area contributed by atoms with Crippen molar-refractivity contribution in [3.8, 4) is 0 Å². The van der Waals surface area contributed by atoms with E-state index in [1.165, 1.54) is 17.1 Å². The van der Waals surface area contributed by atoms with Crippen molar-refractivity contribution in [1.29, 1.82) is 0 Å². The standard InChI is InChI=1S/C14H26N2O4/c1-14(2,3)20-13(18)16-10-8-6-7-9-11(16)12(17)15(4)19-5/h11H,6-10H2,1-5H3/t11-/m0/s1. The first-order valence-corrected chi connectivity index (χ1v) is 7.07. The maximum Gasteiger partial charge on any atom is 0.410 e. The number of ether oxygens (including phenoxy) is 1. The molecule has 0 spiro atoms. The average molecular weight is 286 g/mol. The number of hydrogen-bond donors (Lipinski definition) is 0. The van der Waals surface area contributed by atoms with E-state index in [1.54, 1.807) is 7.05 Å². The Bertz CT molecular complexity index is 352. The van der Waals surface area contributed by atoms with Gasteiger partial charge in [0.05, 0.1) is 7.11 Å². The molecule has 1 heterocycles. The fourth-order valence-corrected chi connectivity index (χ4v) is 2.20. The predicted molar refractivity (Wildman–Crippen MR) is 75.0 cm³/mol. The van der Waals surface area contributed by atoms with Crippen molar-refractivity contribution in [3.63, 3.8) is 0 Å². The Morgan fingerprint density at radius 3 is 2.40 bits per heavy atom. The van der Waals surface area contributed by atoms with Crippen LogP contribution in [0.25, 0.3) is 0 Å². The van der Waals surface area contributed by atoms with Crippen LogP contribution in [0.4, 0.5) is 4.79 Å². The number of likely N-dealkylation sites (N-methyl/N-ethyl adjacent to an activating group) is 1. The summed E-state index contributed by atoms with van der Waals surface area (Å²) in [6, 6.07) is -0.503. The van der Waals surface area contributed by atoms with Crippen LogP contribution in [0.2, 0.25) is 0 Å². The molecule has 1 rings (SSSR count). The third-order valence-corrected chi connectivity index (χ3v) is 3.25. The van der Waals surface area contributed by atoms with Crippen molar-refractivity contribution in [2.45, 2.75) is 58.1 Å². The van der Waals surface area contributed by atoms with E-state index < -0.39 is 17.7 Å². The van der Waals surface area contributed by atoms with Gasteiger partial charge in [-0.2, -0.15) is 0 Å². The molecule has 6 nitrogen and oxygen atoms in total. The molecule has 1 saturated heterocycles. The van der Waals surface area contributed by atoms with E-state index >= 15 is 0 Å². The highest BCUT2D eigenvalue weighted by Crippen LogP contribution is 2.21. The first-order chi connectivity index (χ1) is 9.26. The molecule has 1 aliphatic heterocycles. The van der Waals surface area contributed by atoms with Gasteiger partial charge in [0.2, 0.25) is 0 Å². The van der Waals surface area contributed by atoms with E-state index in [4.69, 9.17) is 9.57 Å². The van der Waals surface area contributed by atoms with E-state index in [-0.39, 0.29) is 5.91 Å². The molecule has 0 aromatic carbocycles. The maximum atomic E-state index is 12.3. The van der Waals surface area contributed by atoms with Crippen LogP contribution >= 0.6 is 0 Å². The molecule has 20 heavy (non-hydrogen) atoms. The van der Waals surface area contributed by atoms with Crippen LogP contribution in [0.1, 0.15) is 46.5 Å². The zero-order valence-electron chi connectivity index (χ0n) is 13.1. The van der Waals surface area contributed by atoms with Crippen molar-refractivity contribution < 1.29 is 19.2 Å². The van der Waals surface area contributed by atoms with Crippen molar-refractivity contribution in [2.75, 3.05) is 20.7 Å². The van der Waals surface area contributed by atoms with Crippen LogP contribution in [-0.4, -0.2) is 54.3 Å². The van der Waals surface area contributed by atoms with E-state index in [0.717, 1.165) is 19.3 Å². The average Bonchev–Trinajstić information content (AvgIpc) is 2.60. The molecular formula is C14H26N2O4. The minimum Gasteiger partial charge on any atom is -0.444 e. The summed E-state index contributed by atoms with van der Waals surface area (Å²) in [6.45, 7) is 6.01. The highest BCUT2D eigenvalue weighted by atomic mass is 16.7. The van der Waals surface area contributed by atoms with Gasteiger partial charge in [-0.1, -0.05) is 12.8 Å². The number of amides is 2. The van der Waals surface area contributed by atoms with Crippen LogP contribution in [0.5, 0.6) is 0 Å². The van der Waals surface area contributed by atoms with Gasteiger partial charge in [0.25, 0.3) is 5.91 Å². The number of nitrogens with zero attached hydrogens (tertiary/aromatic N) is 2. The lowest BCUT2D eigenvalue weighted by molar-refractivity contribution is -0.174. The number of carbonyl (C=O) groups is 2. The molecule has 0 bridgehead atoms. The molecule has 2 amide bonds. The van der Waals surface area contributed by atoms with Gasteiger partial charge in [0.1, 0.15) is 11.6 Å². The molecule has 0 aromatic rings. The monoisotopic (exact) mass is 286 g/mol. The molecule has 0 N–H and O–H groups in total. The van der Waals surface area contributed by atoms with Gasteiger partial charge in [-0.15, -0.1) is 0 Å². The van der Waals surface area contributed by atoms with E-state index in [2.05, 4.69) is 0 Å². The highest BCUT2D eigenvalue weighted by Gasteiger charge is 2.35. The van der Waals surface area contributed by atoms with Gasteiger partial charge < -0.3 is 4.74 Å². The van der Waals surface area contributed by atoms with E-state index in [0.29, 0.717) is 13.0 Å². The lowest BCUT2D eigenvalue weighted by Gasteiger charge is -2.32. The normalized spacial score (nSPS) is 20.2. The number of rotatable bonds is 2. The van der Waals surface area contributed by atoms with Gasteiger partial charge in [-0.25, -0.2) is 9.86 Å². The van der Waals surface area contributed by atoms with Gasteiger partial charge in [0.15, 0.2) is 0 Å². The molecule has 0 saturated carbocycles. The maximum absolute atomic E-state index is 12.3. The summed E-state index contributed by atoms with van der Waals surface area (Å²) in [4.78, 5) is 31.1. The molecule has 1 aliphatic rings. The predicted octanol–water partition coefficient (Wildman–Crippen LogP) is 2.19. The van der Waals surface area contributed by atoms with E-state index in [9.17, 15) is 9.59 Å². The second kappa shape index (κ2) is 6.92. The van der Waals surface area contributed by atoms with Crippen LogP contribution in [0.15, 0.2) is 0 Å². The Balaban J connectivity index is 2.86. The first-order valence-electron chi connectivity index (χ1n) is 7.07. The minimum atomic E-state index is -0.565. The largest absolute Gasteiger partial charge is 0.444 e. The van der Waals surface area contributed by atoms with Crippen molar-refractivity contribution >= 4 is 12.0 Å². The summed E-state index contributed by atoms with van der Waals surface area (Å²) >= 11 is 0. The molecule has 0 unspecified atom stereocenters. The summed E-state index contributed by atoms with van der Waals surface area (Å²) in [6.07, 6.45) is 3.04. The minimum absolute atomic E-state index is 0.208. The molecule has 1 atom stereocenters. The molecule has 0 aromatic heterocycles. The highest BCUT2D eigenvalue weighted by molar-refractivity contribution is 5.85. The number of carbonyl (C=O) groups excluding carboxylic acids is 2. The van der Waals surface area contributed by atoms with Crippen LogP contribution in [0, 0.1) is 0 Å². The summed E-state index contributed by atoms with van der Waals surface area (Å²) in [7, 11) is 2.99. The summed E-state index contributed by atoms with van der Waals surface area (Å²) in [5.74, 6) is -0.208. The Morgan fingerprint density at radius 2 is 1.85 bits per heavy atom. The fraction of sp³-hybridized carbons (Fsp3) is 0.857. The lowest BCUT2D eigenvalue weighted by Crippen LogP contribution is -2.50. The van der Waals surface area contributed by atoms with Crippen LogP contribution in [-0.2, 0) is 14.4 Å². The Kier molecular flexibility index (Phi) is 5.80. The molecular weight excluding hydrogens is 260 g/mol. The van der Waals surface area contributed by atoms with Gasteiger partial charge in [-0.3, -0.25) is 14.5 Å². The lowest BCUT2D eigenvalue weighted by atomic mass is 10.1. The molecule has 0 aliphatic carbocycles. The van der Waals surface area contributed by atoms with Gasteiger partial charge in [-0.05, 0) is 33.6 Å². The van der Waals surface area contributed by atoms with Crippen LogP contribution < -0.4 is 0 Å². The zero-order chi connectivity index (χ0) is 15.3. The summed E-state index contributed by atoms with van der Waals surface area (Å²) < 4.78 is 5.40. The number of hydrogen-bond acceptors (Lipinski definition) is 4. The smallest absolute Gasteiger partial charge is 0.410 e. The second-order valence-corrected chi connectivity index (χ2v) is 6.06. The SMILES string of the molecule is CON(C)C(=O)[C@@H]1CCCCCN1C(=O)OC(C)(C)C. The van der Waals surface area contributed by atoms with E-state index in [1.807, 2.05) is 20.8 Å². The third kappa shape index (κ3) is 4.67. The quantitative estimate of drug-likeness (QED) is 0.730. The summed E-state index contributed by atoms with van der Waals surface area (Å²) in [5, 5.41) is 1.17. The topological polar surface area (TPSA) is 59.1 Å². The fourth-order valence-electron chi connectivity index (χ4n) is 2.20. The Hall–Kier alpha value is -1.30. The third-order valence-electron chi connectivity index (χ3n) is 3.25. The Morgan fingerprint density at radius 1 is 1.20 bits per heavy atom. The zero-order valence-corrected chi connectivity index (χ0v) is 13.1. The molecule has 0 radical (unpaired) electrons. The second-order valence-electron chi connectivity index (χ2n) is 6.06. The Labute approximate surface area is 121 Å². The molecule has 116 valence electrons. The number of likely N-dealkylation sites (tertiary alicyclic amines) is 1. The number of hydroxylamine groups is 2. The van der Waals surface area contributed by atoms with Crippen molar-refractivity contribution in [2.24, 2.45) is 0 Å². The van der Waals surface area contributed by atoms with Gasteiger partial charge in [0, 0.05) is 13.6 Å². The molecule has 6 heteroatoms. The summed E-state index contributed by atoms with van der Waals surface area (Å²) in [5.41, 5.74) is -0.565. The van der Waals surface area contributed by atoms with Gasteiger partial charge >= 0.3 is 6.09 Å². The first kappa shape index (κ1) is 16.8. The van der Waals surface area contributed by atoms with Crippen LogP contribution in [0.3, 0.4) is 0 Å². The van der Waals surface area contributed by atoms with Crippen molar-refractivity contribution in [3.05, 3.63) is 0 Å².